The van der Waals surface area contributed by atoms with E-state index in [9.17, 15) is 4.79 Å². The summed E-state index contributed by atoms with van der Waals surface area (Å²) in [4.78, 5) is 18.8. The number of benzene rings is 2. The van der Waals surface area contributed by atoms with Crippen LogP contribution in [0.4, 0.5) is 0 Å². The molecule has 0 bridgehead atoms. The fourth-order valence-corrected chi connectivity index (χ4v) is 3.53. The van der Waals surface area contributed by atoms with Gasteiger partial charge in [-0.3, -0.25) is 9.69 Å². The maximum Gasteiger partial charge on any atom is 0.273 e. The maximum absolute atomic E-state index is 12.2. The largest absolute Gasteiger partial charge is 0.454 e. The fourth-order valence-electron chi connectivity index (χ4n) is 3.53. The fraction of sp³-hybridized carbons (Fsp3) is 0.333. The van der Waals surface area contributed by atoms with E-state index in [1.54, 1.807) is 7.11 Å². The summed E-state index contributed by atoms with van der Waals surface area (Å²) in [5.41, 5.74) is 3.79. The Morgan fingerprint density at radius 3 is 2.81 bits per heavy atom. The van der Waals surface area contributed by atoms with E-state index in [1.807, 2.05) is 30.3 Å². The number of aromatic nitrogens is 1. The molecule has 8 heteroatoms. The number of hydrogen-bond donors (Lipinski definition) is 1. The third-order valence-electron chi connectivity index (χ3n) is 5.23. The van der Waals surface area contributed by atoms with Gasteiger partial charge in [0.1, 0.15) is 6.26 Å². The van der Waals surface area contributed by atoms with Gasteiger partial charge in [0.15, 0.2) is 17.2 Å². The molecule has 3 aromatic rings. The van der Waals surface area contributed by atoms with Crippen molar-refractivity contribution in [1.82, 2.24) is 15.2 Å². The highest BCUT2D eigenvalue weighted by Gasteiger charge is 2.18. The van der Waals surface area contributed by atoms with Gasteiger partial charge in [0.25, 0.3) is 5.91 Å². The molecule has 4 rings (SSSR count). The topological polar surface area (TPSA) is 86.1 Å². The average molecular weight is 437 g/mol. The van der Waals surface area contributed by atoms with E-state index in [1.165, 1.54) is 17.4 Å². The zero-order valence-electron chi connectivity index (χ0n) is 18.3. The average Bonchev–Trinajstić information content (AvgIpc) is 3.44. The highest BCUT2D eigenvalue weighted by atomic mass is 16.7. The van der Waals surface area contributed by atoms with Crippen molar-refractivity contribution in [3.8, 4) is 11.5 Å². The molecule has 1 amide bonds. The smallest absolute Gasteiger partial charge is 0.273 e. The van der Waals surface area contributed by atoms with E-state index in [0.717, 1.165) is 17.1 Å². The van der Waals surface area contributed by atoms with Crippen LogP contribution < -0.4 is 14.8 Å². The number of aryl methyl sites for hydroxylation is 1. The summed E-state index contributed by atoms with van der Waals surface area (Å²) in [6.45, 7) is 5.02. The Hall–Kier alpha value is -3.36. The van der Waals surface area contributed by atoms with Crippen molar-refractivity contribution in [1.29, 1.82) is 0 Å². The van der Waals surface area contributed by atoms with Crippen LogP contribution in [0.3, 0.4) is 0 Å². The van der Waals surface area contributed by atoms with Gasteiger partial charge in [-0.1, -0.05) is 30.3 Å². The molecule has 1 aliphatic rings. The molecular formula is C24H27N3O5. The van der Waals surface area contributed by atoms with Crippen molar-refractivity contribution >= 4 is 5.91 Å². The lowest BCUT2D eigenvalue weighted by Gasteiger charge is -2.22. The van der Waals surface area contributed by atoms with Crippen LogP contribution in [0.2, 0.25) is 0 Å². The molecule has 8 nitrogen and oxygen atoms in total. The van der Waals surface area contributed by atoms with Gasteiger partial charge in [-0.2, -0.15) is 0 Å². The molecule has 0 unspecified atom stereocenters. The highest BCUT2D eigenvalue weighted by Crippen LogP contribution is 2.33. The molecule has 168 valence electrons. The Bertz CT molecular complexity index is 1070. The van der Waals surface area contributed by atoms with Gasteiger partial charge >= 0.3 is 0 Å². The van der Waals surface area contributed by atoms with Crippen LogP contribution >= 0.6 is 0 Å². The van der Waals surface area contributed by atoms with Crippen LogP contribution in [0.5, 0.6) is 11.5 Å². The second kappa shape index (κ2) is 10.3. The molecule has 1 aliphatic heterocycles. The van der Waals surface area contributed by atoms with Crippen LogP contribution in [0.25, 0.3) is 0 Å². The van der Waals surface area contributed by atoms with Gasteiger partial charge in [0.2, 0.25) is 12.7 Å². The summed E-state index contributed by atoms with van der Waals surface area (Å²) in [7, 11) is 1.59. The number of methoxy groups -OCH3 is 1. The molecule has 0 atom stereocenters. The van der Waals surface area contributed by atoms with Crippen molar-refractivity contribution < 1.29 is 23.4 Å². The Balaban J connectivity index is 1.49. The van der Waals surface area contributed by atoms with Crippen LogP contribution in [-0.4, -0.2) is 42.8 Å². The van der Waals surface area contributed by atoms with E-state index < -0.39 is 0 Å². The second-order valence-corrected chi connectivity index (χ2v) is 7.63. The third-order valence-corrected chi connectivity index (χ3v) is 5.23. The van der Waals surface area contributed by atoms with Crippen molar-refractivity contribution in [3.05, 3.63) is 77.0 Å². The Morgan fingerprint density at radius 2 is 1.97 bits per heavy atom. The minimum atomic E-state index is -0.279. The first-order chi connectivity index (χ1) is 15.6. The van der Waals surface area contributed by atoms with Crippen LogP contribution in [0.15, 0.2) is 53.1 Å². The summed E-state index contributed by atoms with van der Waals surface area (Å²) in [6.07, 6.45) is 1.39. The molecule has 0 aliphatic carbocycles. The number of amides is 1. The molecule has 0 radical (unpaired) electrons. The summed E-state index contributed by atoms with van der Waals surface area (Å²) >= 11 is 0. The van der Waals surface area contributed by atoms with Crippen molar-refractivity contribution in [2.75, 3.05) is 27.1 Å². The molecular weight excluding hydrogens is 410 g/mol. The number of nitrogens with one attached hydrogen (secondary N) is 1. The molecule has 1 N–H and O–H groups in total. The standard InChI is InChI=1S/C24H27N3O5/c1-17-5-3-4-6-19(17)13-27(12-18-7-8-21-22(11-18)32-16-31-21)14-23-26-20(15-30-23)24(28)25-9-10-29-2/h3-8,11,15H,9-10,12-14,16H2,1-2H3,(H,25,28). The molecule has 0 fully saturated rings. The minimum absolute atomic E-state index is 0.247. The molecule has 0 spiro atoms. The highest BCUT2D eigenvalue weighted by molar-refractivity contribution is 5.91. The zero-order valence-corrected chi connectivity index (χ0v) is 18.3. The van der Waals surface area contributed by atoms with E-state index in [2.05, 4.69) is 34.3 Å². The first kappa shape index (κ1) is 21.9. The number of hydrogen-bond acceptors (Lipinski definition) is 7. The van der Waals surface area contributed by atoms with Crippen molar-refractivity contribution in [2.24, 2.45) is 0 Å². The first-order valence-corrected chi connectivity index (χ1v) is 10.5. The first-order valence-electron chi connectivity index (χ1n) is 10.5. The minimum Gasteiger partial charge on any atom is -0.454 e. The molecule has 2 heterocycles. The number of fused-ring (bicyclic) bond motifs is 1. The maximum atomic E-state index is 12.2. The molecule has 32 heavy (non-hydrogen) atoms. The monoisotopic (exact) mass is 437 g/mol. The van der Waals surface area contributed by atoms with E-state index in [-0.39, 0.29) is 18.4 Å². The van der Waals surface area contributed by atoms with Crippen molar-refractivity contribution in [2.45, 2.75) is 26.6 Å². The lowest BCUT2D eigenvalue weighted by molar-refractivity contribution is 0.0932. The SMILES string of the molecule is COCCNC(=O)c1coc(CN(Cc2ccc3c(c2)OCO3)Cc2ccccc2C)n1. The Kier molecular flexibility index (Phi) is 7.03. The van der Waals surface area contributed by atoms with Gasteiger partial charge in [-0.25, -0.2) is 4.98 Å². The summed E-state index contributed by atoms with van der Waals surface area (Å²) in [5, 5.41) is 2.75. The van der Waals surface area contributed by atoms with E-state index >= 15 is 0 Å². The van der Waals surface area contributed by atoms with Gasteiger partial charge in [-0.15, -0.1) is 0 Å². The van der Waals surface area contributed by atoms with E-state index in [0.29, 0.717) is 38.7 Å². The predicted octanol–water partition coefficient (Wildman–Crippen LogP) is 3.29. The summed E-state index contributed by atoms with van der Waals surface area (Å²) in [6, 6.07) is 14.2. The number of carbonyl (C=O) groups is 1. The quantitative estimate of drug-likeness (QED) is 0.487. The lowest BCUT2D eigenvalue weighted by Crippen LogP contribution is -2.27. The lowest BCUT2D eigenvalue weighted by atomic mass is 10.1. The normalized spacial score (nSPS) is 12.3. The number of nitrogens with zero attached hydrogens (tertiary/aromatic N) is 2. The zero-order chi connectivity index (χ0) is 22.3. The molecule has 0 saturated heterocycles. The van der Waals surface area contributed by atoms with Gasteiger partial charge in [0.05, 0.1) is 13.2 Å². The predicted molar refractivity (Wildman–Crippen MR) is 117 cm³/mol. The van der Waals surface area contributed by atoms with Crippen LogP contribution in [0.1, 0.15) is 33.1 Å². The number of rotatable bonds is 10. The summed E-state index contributed by atoms with van der Waals surface area (Å²) < 4.78 is 21.5. The second-order valence-electron chi connectivity index (χ2n) is 7.63. The summed E-state index contributed by atoms with van der Waals surface area (Å²) in [5.74, 6) is 1.72. The molecule has 2 aromatic carbocycles. The number of oxazole rings is 1. The Labute approximate surface area is 187 Å². The van der Waals surface area contributed by atoms with Crippen molar-refractivity contribution in [3.63, 3.8) is 0 Å². The van der Waals surface area contributed by atoms with Gasteiger partial charge in [0, 0.05) is 26.7 Å². The third kappa shape index (κ3) is 5.46. The number of carbonyl (C=O) groups excluding carboxylic acids is 1. The van der Waals surface area contributed by atoms with Crippen LogP contribution in [0, 0.1) is 6.92 Å². The Morgan fingerprint density at radius 1 is 1.12 bits per heavy atom. The van der Waals surface area contributed by atoms with Crippen LogP contribution in [-0.2, 0) is 24.4 Å². The number of ether oxygens (including phenoxy) is 3. The van der Waals surface area contributed by atoms with Gasteiger partial charge in [-0.05, 0) is 35.7 Å². The molecule has 1 aromatic heterocycles. The van der Waals surface area contributed by atoms with E-state index in [4.69, 9.17) is 18.6 Å². The van der Waals surface area contributed by atoms with Gasteiger partial charge < -0.3 is 23.9 Å². The molecule has 0 saturated carbocycles.